The molecule has 1 saturated heterocycles. The zero-order valence-corrected chi connectivity index (χ0v) is 24.5. The van der Waals surface area contributed by atoms with Crippen LogP contribution in [0.2, 0.25) is 0 Å². The van der Waals surface area contributed by atoms with Gasteiger partial charge < -0.3 is 26.4 Å². The van der Waals surface area contributed by atoms with Gasteiger partial charge in [0.2, 0.25) is 5.91 Å². The first-order chi connectivity index (χ1) is 20.5. The van der Waals surface area contributed by atoms with Gasteiger partial charge in [0.25, 0.3) is 0 Å². The van der Waals surface area contributed by atoms with Crippen LogP contribution in [-0.4, -0.2) is 48.0 Å². The quantitative estimate of drug-likeness (QED) is 0.159. The SMILES string of the molecule is NC(N)=NCCC[C@H]1C[C@@H](OCc2ccccc2)CN1C(=O)[C@H](CC[C@@H]1Cc2ccccc2CN1)Cc1ccccc1. The van der Waals surface area contributed by atoms with Crippen LogP contribution in [0.15, 0.2) is 89.9 Å². The summed E-state index contributed by atoms with van der Waals surface area (Å²) in [5.74, 6) is 0.271. The molecule has 2 heterocycles. The number of rotatable bonds is 13. The minimum Gasteiger partial charge on any atom is -0.372 e. The van der Waals surface area contributed by atoms with Crippen LogP contribution in [0, 0.1) is 5.92 Å². The number of hydrogen-bond acceptors (Lipinski definition) is 4. The number of amides is 1. The minimum atomic E-state index is -0.0838. The second-order valence-corrected chi connectivity index (χ2v) is 11.8. The van der Waals surface area contributed by atoms with Crippen molar-refractivity contribution in [3.8, 4) is 0 Å². The Bertz CT molecular complexity index is 1300. The molecule has 0 unspecified atom stereocenters. The summed E-state index contributed by atoms with van der Waals surface area (Å²) in [6, 6.07) is 29.8. The molecule has 42 heavy (non-hydrogen) atoms. The number of nitrogens with one attached hydrogen (secondary N) is 1. The van der Waals surface area contributed by atoms with Gasteiger partial charge in [-0.25, -0.2) is 0 Å². The van der Waals surface area contributed by atoms with E-state index in [0.29, 0.717) is 25.7 Å². The average Bonchev–Trinajstić information content (AvgIpc) is 3.43. The number of benzene rings is 3. The largest absolute Gasteiger partial charge is 0.372 e. The molecule has 0 spiro atoms. The van der Waals surface area contributed by atoms with E-state index < -0.39 is 0 Å². The van der Waals surface area contributed by atoms with E-state index in [-0.39, 0.29) is 29.9 Å². The Hall–Kier alpha value is -3.68. The van der Waals surface area contributed by atoms with Crippen molar-refractivity contribution in [3.63, 3.8) is 0 Å². The number of carbonyl (C=O) groups excluding carboxylic acids is 1. The lowest BCUT2D eigenvalue weighted by Crippen LogP contribution is -2.42. The van der Waals surface area contributed by atoms with Crippen LogP contribution in [0.5, 0.6) is 0 Å². The molecule has 0 aliphatic carbocycles. The summed E-state index contributed by atoms with van der Waals surface area (Å²) in [6.07, 6.45) is 6.09. The Labute approximate surface area is 250 Å². The maximum absolute atomic E-state index is 14.4. The van der Waals surface area contributed by atoms with Crippen molar-refractivity contribution >= 4 is 11.9 Å². The van der Waals surface area contributed by atoms with Gasteiger partial charge in [0.1, 0.15) is 0 Å². The van der Waals surface area contributed by atoms with Gasteiger partial charge in [0.15, 0.2) is 5.96 Å². The van der Waals surface area contributed by atoms with Crippen molar-refractivity contribution in [2.45, 2.75) is 76.3 Å². The molecule has 0 radical (unpaired) electrons. The fourth-order valence-corrected chi connectivity index (χ4v) is 6.43. The van der Waals surface area contributed by atoms with E-state index >= 15 is 0 Å². The molecule has 0 saturated carbocycles. The molecule has 0 aromatic heterocycles. The number of guanidine groups is 1. The van der Waals surface area contributed by atoms with Crippen LogP contribution in [-0.2, 0) is 35.5 Å². The lowest BCUT2D eigenvalue weighted by molar-refractivity contribution is -0.137. The third kappa shape index (κ3) is 8.43. The Morgan fingerprint density at radius 1 is 0.929 bits per heavy atom. The molecule has 7 nitrogen and oxygen atoms in total. The van der Waals surface area contributed by atoms with Crippen LogP contribution in [0.25, 0.3) is 0 Å². The number of likely N-dealkylation sites (tertiary alicyclic amines) is 1. The number of nitrogens with two attached hydrogens (primary N) is 2. The molecular weight excluding hydrogens is 522 g/mol. The third-order valence-corrected chi connectivity index (χ3v) is 8.68. The number of hydrogen-bond donors (Lipinski definition) is 3. The average molecular weight is 568 g/mol. The normalized spacial score (nSPS) is 20.6. The molecule has 2 aliphatic rings. The molecule has 5 N–H and O–H groups in total. The Morgan fingerprint density at radius 3 is 2.36 bits per heavy atom. The maximum Gasteiger partial charge on any atom is 0.226 e. The summed E-state index contributed by atoms with van der Waals surface area (Å²) in [5, 5.41) is 3.72. The molecule has 5 rings (SSSR count). The van der Waals surface area contributed by atoms with E-state index in [0.717, 1.165) is 57.1 Å². The van der Waals surface area contributed by atoms with Crippen molar-refractivity contribution in [1.29, 1.82) is 0 Å². The van der Waals surface area contributed by atoms with Crippen LogP contribution in [0.1, 0.15) is 54.4 Å². The first-order valence-corrected chi connectivity index (χ1v) is 15.4. The Balaban J connectivity index is 1.28. The van der Waals surface area contributed by atoms with Gasteiger partial charge in [-0.2, -0.15) is 0 Å². The molecule has 4 atom stereocenters. The standard InChI is InChI=1S/C35H45N5O2/c36-35(37)38-19-9-16-32-22-33(42-25-27-12-5-2-6-13-27)24-40(32)34(41)29(20-26-10-3-1-4-11-26)17-18-31-21-28-14-7-8-15-30(28)23-39-31/h1-8,10-15,29,31-33,39H,9,16-25H2,(H4,36,37,38)/t29-,31-,32+,33-/m1/s1. The molecule has 1 fully saturated rings. The third-order valence-electron chi connectivity index (χ3n) is 8.68. The Morgan fingerprint density at radius 2 is 1.62 bits per heavy atom. The van der Waals surface area contributed by atoms with Crippen molar-refractivity contribution in [2.75, 3.05) is 13.1 Å². The number of nitrogens with zero attached hydrogens (tertiary/aromatic N) is 2. The van der Waals surface area contributed by atoms with E-state index in [1.807, 2.05) is 24.3 Å². The monoisotopic (exact) mass is 567 g/mol. The first kappa shape index (κ1) is 29.8. The van der Waals surface area contributed by atoms with Gasteiger partial charge in [-0.05, 0) is 67.2 Å². The summed E-state index contributed by atoms with van der Waals surface area (Å²) < 4.78 is 6.36. The summed E-state index contributed by atoms with van der Waals surface area (Å²) >= 11 is 0. The number of carbonyl (C=O) groups is 1. The zero-order chi connectivity index (χ0) is 29.1. The van der Waals surface area contributed by atoms with E-state index in [4.69, 9.17) is 16.2 Å². The molecule has 0 bridgehead atoms. The zero-order valence-electron chi connectivity index (χ0n) is 24.5. The van der Waals surface area contributed by atoms with E-state index in [1.165, 1.54) is 16.7 Å². The lowest BCUT2D eigenvalue weighted by atomic mass is 9.88. The molecule has 2 aliphatic heterocycles. The van der Waals surface area contributed by atoms with Gasteiger partial charge in [-0.3, -0.25) is 9.79 Å². The highest BCUT2D eigenvalue weighted by Crippen LogP contribution is 2.30. The van der Waals surface area contributed by atoms with Crippen molar-refractivity contribution in [2.24, 2.45) is 22.4 Å². The van der Waals surface area contributed by atoms with E-state index in [9.17, 15) is 4.79 Å². The summed E-state index contributed by atoms with van der Waals surface area (Å²) in [6.45, 7) is 2.64. The second kappa shape index (κ2) is 15.0. The highest BCUT2D eigenvalue weighted by molar-refractivity contribution is 5.80. The van der Waals surface area contributed by atoms with Gasteiger partial charge in [-0.15, -0.1) is 0 Å². The molecule has 3 aromatic carbocycles. The highest BCUT2D eigenvalue weighted by Gasteiger charge is 2.38. The smallest absolute Gasteiger partial charge is 0.226 e. The van der Waals surface area contributed by atoms with Gasteiger partial charge in [0, 0.05) is 37.6 Å². The fourth-order valence-electron chi connectivity index (χ4n) is 6.43. The van der Waals surface area contributed by atoms with E-state index in [2.05, 4.69) is 75.9 Å². The molecule has 7 heteroatoms. The van der Waals surface area contributed by atoms with Gasteiger partial charge in [0.05, 0.1) is 12.7 Å². The topological polar surface area (TPSA) is 106 Å². The van der Waals surface area contributed by atoms with Crippen molar-refractivity contribution in [1.82, 2.24) is 10.2 Å². The number of fused-ring (bicyclic) bond motifs is 1. The van der Waals surface area contributed by atoms with E-state index in [1.54, 1.807) is 0 Å². The first-order valence-electron chi connectivity index (χ1n) is 15.4. The highest BCUT2D eigenvalue weighted by atomic mass is 16.5. The summed E-state index contributed by atoms with van der Waals surface area (Å²) in [5.41, 5.74) is 16.3. The summed E-state index contributed by atoms with van der Waals surface area (Å²) in [4.78, 5) is 20.7. The van der Waals surface area contributed by atoms with Crippen molar-refractivity contribution in [3.05, 3.63) is 107 Å². The molecule has 3 aromatic rings. The number of ether oxygens (including phenoxy) is 1. The lowest BCUT2D eigenvalue weighted by Gasteiger charge is -2.31. The van der Waals surface area contributed by atoms with Crippen molar-refractivity contribution < 1.29 is 9.53 Å². The van der Waals surface area contributed by atoms with Crippen LogP contribution in [0.4, 0.5) is 0 Å². The fraction of sp³-hybridized carbons (Fsp3) is 0.429. The maximum atomic E-state index is 14.4. The van der Waals surface area contributed by atoms with Crippen LogP contribution < -0.4 is 16.8 Å². The minimum absolute atomic E-state index is 0.0103. The van der Waals surface area contributed by atoms with Gasteiger partial charge in [-0.1, -0.05) is 84.9 Å². The summed E-state index contributed by atoms with van der Waals surface area (Å²) in [7, 11) is 0. The van der Waals surface area contributed by atoms with Crippen LogP contribution in [0.3, 0.4) is 0 Å². The molecular formula is C35H45N5O2. The molecule has 1 amide bonds. The molecule has 222 valence electrons. The predicted molar refractivity (Wildman–Crippen MR) is 169 cm³/mol. The van der Waals surface area contributed by atoms with Gasteiger partial charge >= 0.3 is 0 Å². The Kier molecular flexibility index (Phi) is 10.6. The number of aliphatic imine (C=N–C) groups is 1. The predicted octanol–water partition coefficient (Wildman–Crippen LogP) is 4.58. The van der Waals surface area contributed by atoms with Crippen LogP contribution >= 0.6 is 0 Å². The second-order valence-electron chi connectivity index (χ2n) is 11.8.